The number of benzene rings is 4. The summed E-state index contributed by atoms with van der Waals surface area (Å²) in [6, 6.07) is 11.7. The number of fused-ring (bicyclic) bond motifs is 1. The summed E-state index contributed by atoms with van der Waals surface area (Å²) in [4.78, 5) is -1.47. The quantitative estimate of drug-likeness (QED) is 0.00793. The maximum atomic E-state index is 12.7. The molecule has 24 nitrogen and oxygen atoms in total. The number of halogens is 2. The van der Waals surface area contributed by atoms with E-state index in [-0.39, 0.29) is 174 Å². The number of nitrogen functional groups attached to an aromatic ring is 2. The Bertz CT molecular complexity index is 2610. The molecule has 4 N–H and O–H groups in total. The zero-order chi connectivity index (χ0) is 43.3. The van der Waals surface area contributed by atoms with Crippen LogP contribution in [0.5, 0.6) is 0 Å². The Morgan fingerprint density at radius 1 is 0.645 bits per heavy atom. The molecule has 0 bridgehead atoms. The Kier molecular flexibility index (Phi) is 32.7. The van der Waals surface area contributed by atoms with Crippen LogP contribution in [0.25, 0.3) is 10.8 Å². The monoisotopic (exact) mass is 1240 g/mol. The van der Waals surface area contributed by atoms with Crippen molar-refractivity contribution in [2.24, 2.45) is 20.5 Å². The molecule has 318 valence electrons. The molecule has 0 saturated carbocycles. The van der Waals surface area contributed by atoms with Crippen LogP contribution in [0.15, 0.2) is 101 Å². The average Bonchev–Trinajstić information content (AvgIpc) is 3.16. The molecule has 0 fully saturated rings. The first-order chi connectivity index (χ1) is 27.3. The summed E-state index contributed by atoms with van der Waals surface area (Å²) in [6.45, 7) is -1.31. The van der Waals surface area contributed by atoms with Gasteiger partial charge in [-0.2, -0.15) is 9.45 Å². The molecule has 4 aromatic carbocycles. The van der Waals surface area contributed by atoms with Crippen LogP contribution in [0.4, 0.5) is 34.1 Å². The van der Waals surface area contributed by atoms with Crippen LogP contribution in [0.1, 0.15) is 0 Å². The van der Waals surface area contributed by atoms with Crippen molar-refractivity contribution in [3.05, 3.63) is 60.7 Å². The van der Waals surface area contributed by atoms with Crippen LogP contribution in [0, 0.1) is 0 Å². The van der Waals surface area contributed by atoms with Crippen LogP contribution in [-0.2, 0) is 67.3 Å². The number of nitrogens with zero attached hydrogens (tertiary/aromatic N) is 4. The molecule has 0 unspecified atom stereocenters. The van der Waals surface area contributed by atoms with Gasteiger partial charge in [-0.15, -0.1) is 19.7 Å². The minimum Gasteiger partial charge on any atom is -0.744 e. The maximum Gasteiger partial charge on any atom is 1.00 e. The number of hydrogen-bond donors (Lipinski definition) is 2. The third kappa shape index (κ3) is 20.2. The van der Waals surface area contributed by atoms with E-state index in [2.05, 4.69) is 80.6 Å². The summed E-state index contributed by atoms with van der Waals surface area (Å²) in [7, 11) is -18.5. The second-order valence-electron chi connectivity index (χ2n) is 10.3. The largest absolute Gasteiger partial charge is 1.00 e. The van der Waals surface area contributed by atoms with E-state index in [1.807, 2.05) is 0 Å². The van der Waals surface area contributed by atoms with Gasteiger partial charge in [0, 0.05) is 42.6 Å². The predicted octanol–water partition coefficient (Wildman–Crippen LogP) is -8.42. The van der Waals surface area contributed by atoms with Crippen molar-refractivity contribution in [2.45, 2.75) is 19.6 Å². The first-order valence-corrected chi connectivity index (χ1v) is 28.3. The summed E-state index contributed by atoms with van der Waals surface area (Å²) in [5, 5.41) is 43.0. The van der Waals surface area contributed by atoms with Gasteiger partial charge in [-0.3, -0.25) is 18.4 Å². The minimum absolute atomic E-state index is 0. The van der Waals surface area contributed by atoms with Gasteiger partial charge >= 0.3 is 118 Å². The molecule has 62 heavy (non-hydrogen) atoms. The smallest absolute Gasteiger partial charge is 0.744 e. The molecule has 0 saturated heterocycles. The van der Waals surface area contributed by atoms with E-state index in [1.54, 1.807) is 0 Å². The van der Waals surface area contributed by atoms with E-state index in [4.69, 9.17) is 15.7 Å². The molecule has 4 aromatic rings. The van der Waals surface area contributed by atoms with E-state index in [1.165, 1.54) is 48.5 Å². The van der Waals surface area contributed by atoms with Gasteiger partial charge in [-0.25, -0.2) is 33.7 Å². The number of hydrogen-bond acceptors (Lipinski definition) is 26. The normalized spacial score (nSPS) is 11.8. The number of azo groups is 2. The van der Waals surface area contributed by atoms with E-state index < -0.39 is 85.9 Å². The number of anilines is 2. The molecule has 0 aliphatic rings. The Morgan fingerprint density at radius 2 is 1.21 bits per heavy atom. The summed E-state index contributed by atoms with van der Waals surface area (Å²) in [6.07, 6.45) is 0. The summed E-state index contributed by atoms with van der Waals surface area (Å²) < 4.78 is 136. The van der Waals surface area contributed by atoms with Crippen molar-refractivity contribution >= 4 is 147 Å². The van der Waals surface area contributed by atoms with Crippen LogP contribution >= 0.6 is 61.6 Å². The summed E-state index contributed by atoms with van der Waals surface area (Å²) >= 11 is 4.69. The zero-order valence-corrected chi connectivity index (χ0v) is 49.3. The Labute approximate surface area is 474 Å². The van der Waals surface area contributed by atoms with Crippen LogP contribution in [0.2, 0.25) is 0 Å². The van der Waals surface area contributed by atoms with Gasteiger partial charge < -0.3 is 31.1 Å². The average molecular weight is 1240 g/mol. The first kappa shape index (κ1) is 65.6. The SMILES string of the molecule is II.Nc1c(N=Nc2ccc(S(=O)(=O)CCOSOO[O-])cc2)cc(S(=O)(=O)[O-])c(N)c1N=Nc1ccc2cc(S(=O)(=O)CCOS(=O)(=O)[O-])ccc2c1SOO[O-].[Na+].[Na+].[Na+].[Na+]. The maximum absolute atomic E-state index is 12.7. The molecule has 0 radical (unpaired) electrons. The van der Waals surface area contributed by atoms with Gasteiger partial charge in [0.15, 0.2) is 32.0 Å². The summed E-state index contributed by atoms with van der Waals surface area (Å²) in [5.41, 5.74) is 9.92. The Balaban J connectivity index is 0. The topological polar surface area (TPSA) is 386 Å². The second kappa shape index (κ2) is 30.9. The van der Waals surface area contributed by atoms with Crippen molar-refractivity contribution in [1.29, 1.82) is 0 Å². The van der Waals surface area contributed by atoms with Gasteiger partial charge in [0.05, 0.1) is 73.4 Å². The molecule has 0 atom stereocenters. The van der Waals surface area contributed by atoms with Gasteiger partial charge in [-0.1, -0.05) is 12.1 Å². The third-order valence-electron chi connectivity index (χ3n) is 6.86. The fourth-order valence-corrected chi connectivity index (χ4v) is 8.47. The Morgan fingerprint density at radius 3 is 1.79 bits per heavy atom. The van der Waals surface area contributed by atoms with Crippen LogP contribution < -0.4 is 140 Å². The minimum atomic E-state index is -5.29. The third-order valence-corrected chi connectivity index (χ3v) is 12.7. The number of nitrogens with two attached hydrogens (primary N) is 2. The molecular weight excluding hydrogens is 1220 g/mol. The van der Waals surface area contributed by atoms with Gasteiger partial charge in [0.2, 0.25) is 10.4 Å². The van der Waals surface area contributed by atoms with Crippen molar-refractivity contribution in [1.82, 2.24) is 0 Å². The van der Waals surface area contributed by atoms with E-state index in [0.29, 0.717) is 12.0 Å². The fourth-order valence-electron chi connectivity index (χ4n) is 4.36. The van der Waals surface area contributed by atoms with Crippen molar-refractivity contribution in [3.63, 3.8) is 0 Å². The Hall–Kier alpha value is 1.50. The standard InChI is InChI=1S/C26H26N6O18S6.I2.4Na/c27-23-21(31-29-16-2-4-17(5-3-16)53(35,36)11-9-45-52-50-48-34)14-22(55(39,40)41)24(28)25(23)32-30-20-8-1-15-13-18(6-7-19(15)26(20)51-49-47-33)54(37,38)12-10-46-56(42,43)44;1-2;;;;/h1-8,13-14,33-34H,9-12,27-28H2,(H,39,40,41)(H,42,43,44);;;;;/q;;4*+1/p-4. The molecule has 4 rings (SSSR count). The number of sulfone groups is 2. The molecule has 0 aliphatic carbocycles. The molecule has 0 heterocycles. The second-order valence-corrected chi connectivity index (χ2v) is 18.2. The zero-order valence-electron chi connectivity index (χ0n) is 32.1. The fraction of sp³-hybridized carbons (Fsp3) is 0.154. The number of rotatable bonds is 20. The first-order valence-electron chi connectivity index (χ1n) is 14.5. The molecule has 0 spiro atoms. The van der Waals surface area contributed by atoms with Crippen LogP contribution in [0.3, 0.4) is 0 Å². The van der Waals surface area contributed by atoms with Crippen molar-refractivity contribution in [3.8, 4) is 0 Å². The van der Waals surface area contributed by atoms with E-state index in [0.717, 1.165) is 12.1 Å². The van der Waals surface area contributed by atoms with E-state index >= 15 is 0 Å². The van der Waals surface area contributed by atoms with E-state index in [9.17, 15) is 53.3 Å². The van der Waals surface area contributed by atoms with Crippen molar-refractivity contribution < 1.29 is 199 Å². The summed E-state index contributed by atoms with van der Waals surface area (Å²) in [5.74, 6) is -1.37. The molecule has 0 amide bonds. The van der Waals surface area contributed by atoms with Gasteiger partial charge in [-0.05, 0) is 53.9 Å². The molecule has 0 aliphatic heterocycles. The predicted molar refractivity (Wildman–Crippen MR) is 214 cm³/mol. The molecule has 36 heteroatoms. The van der Waals surface area contributed by atoms with Crippen molar-refractivity contribution in [2.75, 3.05) is 36.2 Å². The molecule has 0 aromatic heterocycles. The van der Waals surface area contributed by atoms with Gasteiger partial charge in [0.25, 0.3) is 0 Å². The molecular formula is C26H22I2N6Na4O18S6. The van der Waals surface area contributed by atoms with Crippen LogP contribution in [-0.4, -0.2) is 67.5 Å². The van der Waals surface area contributed by atoms with Gasteiger partial charge in [0.1, 0.15) is 27.2 Å².